The Labute approximate surface area is 243 Å². The van der Waals surface area contributed by atoms with Crippen LogP contribution in [-0.2, 0) is 0 Å². The number of rotatable bonds is 10. The summed E-state index contributed by atoms with van der Waals surface area (Å²) in [6.07, 6.45) is 15.3. The first kappa shape index (κ1) is 29.7. The number of nitro benzene ring substituents is 2. The molecule has 41 heavy (non-hydrogen) atoms. The first-order valence-corrected chi connectivity index (χ1v) is 15.6. The third-order valence-electron chi connectivity index (χ3n) is 11.5. The summed E-state index contributed by atoms with van der Waals surface area (Å²) in [5, 5.41) is 38.1. The Balaban J connectivity index is 1.40. The van der Waals surface area contributed by atoms with Crippen LogP contribution in [-0.4, -0.2) is 27.3 Å². The van der Waals surface area contributed by atoms with E-state index < -0.39 is 9.85 Å². The molecule has 1 aromatic rings. The maximum Gasteiger partial charge on any atom is 0.301 e. The van der Waals surface area contributed by atoms with Gasteiger partial charge in [0.1, 0.15) is 5.69 Å². The van der Waals surface area contributed by atoms with Crippen molar-refractivity contribution in [2.24, 2.45) is 51.4 Å². The number of nitrogens with one attached hydrogen (secondary N) is 1. The molecule has 0 heterocycles. The summed E-state index contributed by atoms with van der Waals surface area (Å²) >= 11 is 0. The van der Waals surface area contributed by atoms with Gasteiger partial charge in [-0.1, -0.05) is 52.2 Å². The number of hydrazone groups is 1. The molecule has 0 bridgehead atoms. The van der Waals surface area contributed by atoms with Gasteiger partial charge in [0.05, 0.1) is 22.0 Å². The number of non-ortho nitro benzene ring substituents is 1. The lowest BCUT2D eigenvalue weighted by Gasteiger charge is -2.50. The van der Waals surface area contributed by atoms with E-state index in [0.29, 0.717) is 23.7 Å². The first-order chi connectivity index (χ1) is 19.5. The average molecular weight is 567 g/mol. The van der Waals surface area contributed by atoms with Crippen LogP contribution in [0.5, 0.6) is 0 Å². The number of nitrogens with zero attached hydrogens (tertiary/aromatic N) is 3. The second-order valence-electron chi connectivity index (χ2n) is 14.1. The van der Waals surface area contributed by atoms with Gasteiger partial charge in [-0.15, -0.1) is 0 Å². The maximum atomic E-state index is 11.6. The lowest BCUT2D eigenvalue weighted by Crippen LogP contribution is -2.43. The number of hydrogen-bond donors (Lipinski definition) is 2. The summed E-state index contributed by atoms with van der Waals surface area (Å²) < 4.78 is 0. The second kappa shape index (κ2) is 11.5. The molecule has 2 N–H and O–H groups in total. The molecule has 3 fully saturated rings. The summed E-state index contributed by atoms with van der Waals surface area (Å²) in [5.41, 5.74) is 4.27. The number of fused-ring (bicyclic) bond motifs is 5. The van der Waals surface area contributed by atoms with Crippen molar-refractivity contribution in [2.75, 3.05) is 5.43 Å². The van der Waals surface area contributed by atoms with Crippen molar-refractivity contribution in [3.8, 4) is 0 Å². The van der Waals surface area contributed by atoms with Gasteiger partial charge in [0.15, 0.2) is 0 Å². The monoisotopic (exact) mass is 566 g/mol. The summed E-state index contributed by atoms with van der Waals surface area (Å²) in [4.78, 5) is 21.5. The minimum Gasteiger partial charge on any atom is -0.393 e. The minimum atomic E-state index is -0.637. The summed E-state index contributed by atoms with van der Waals surface area (Å²) in [6.45, 7) is 9.50. The number of nitro groups is 2. The zero-order valence-electron chi connectivity index (χ0n) is 24.9. The highest BCUT2D eigenvalue weighted by Crippen LogP contribution is 2.70. The Kier molecular flexibility index (Phi) is 8.30. The van der Waals surface area contributed by atoms with Crippen LogP contribution in [0, 0.1) is 66.6 Å². The molecular formula is C32H46N4O5. The lowest BCUT2D eigenvalue weighted by atomic mass is 9.54. The van der Waals surface area contributed by atoms with Gasteiger partial charge in [-0.3, -0.25) is 25.7 Å². The third kappa shape index (κ3) is 5.42. The molecule has 0 saturated heterocycles. The predicted octanol–water partition coefficient (Wildman–Crippen LogP) is 7.89. The van der Waals surface area contributed by atoms with Gasteiger partial charge < -0.3 is 5.11 Å². The van der Waals surface area contributed by atoms with Crippen LogP contribution in [0.25, 0.3) is 0 Å². The number of benzene rings is 1. The van der Waals surface area contributed by atoms with Crippen LogP contribution >= 0.6 is 0 Å². The standard InChI is InChI=1S/C32H46N4O5/c1-20(2)7-5-6-8-21-9-11-25-30-24(19-33-34-28-12-10-22(35(38)39)17-29(28)36(40)41)27-18-23(37)13-15-32(27,4)26(30)14-16-31(21,25)3/h9-10,12,17,19-20,23-27,30,34,37H,5-8,11,13-16,18H2,1-4H3/b33-19+/t23-,24?,25?,26?,27?,30?,31+,32+/m0/s1. The third-order valence-corrected chi connectivity index (χ3v) is 11.5. The Hall–Kier alpha value is -2.81. The number of anilines is 1. The van der Waals surface area contributed by atoms with Crippen molar-refractivity contribution < 1.29 is 15.0 Å². The fourth-order valence-corrected chi connectivity index (χ4v) is 9.36. The SMILES string of the molecule is CC(C)CCCCC1=CCC2C3C(/C=N/Nc4ccc([N+](=O)[O-])cc4[N+](=O)[O-])C4C[C@@H](O)CC[C@]4(C)C3CC[C@]12C. The highest BCUT2D eigenvalue weighted by atomic mass is 16.6. The second-order valence-corrected chi connectivity index (χ2v) is 14.1. The number of unbranched alkanes of at least 4 members (excludes halogenated alkanes) is 1. The largest absolute Gasteiger partial charge is 0.393 e. The molecule has 4 aliphatic rings. The normalized spacial score (nSPS) is 36.1. The first-order valence-electron chi connectivity index (χ1n) is 15.6. The maximum absolute atomic E-state index is 11.6. The van der Waals surface area contributed by atoms with E-state index in [4.69, 9.17) is 0 Å². The average Bonchev–Trinajstić information content (AvgIpc) is 3.37. The fraction of sp³-hybridized carbons (Fsp3) is 0.719. The highest BCUT2D eigenvalue weighted by Gasteiger charge is 2.64. The molecule has 0 spiro atoms. The molecule has 0 radical (unpaired) electrons. The van der Waals surface area contributed by atoms with Crippen LogP contribution in [0.1, 0.15) is 91.9 Å². The van der Waals surface area contributed by atoms with Gasteiger partial charge in [-0.05, 0) is 97.9 Å². The van der Waals surface area contributed by atoms with Gasteiger partial charge in [-0.25, -0.2) is 0 Å². The van der Waals surface area contributed by atoms with E-state index >= 15 is 0 Å². The van der Waals surface area contributed by atoms with Crippen molar-refractivity contribution in [1.29, 1.82) is 0 Å². The van der Waals surface area contributed by atoms with Crippen LogP contribution < -0.4 is 5.43 Å². The number of aliphatic hydroxyl groups excluding tert-OH is 1. The van der Waals surface area contributed by atoms with Gasteiger partial charge in [0, 0.05) is 18.2 Å². The minimum absolute atomic E-state index is 0.137. The van der Waals surface area contributed by atoms with Crippen molar-refractivity contribution >= 4 is 23.3 Å². The Morgan fingerprint density at radius 1 is 1.10 bits per heavy atom. The van der Waals surface area contributed by atoms with Gasteiger partial charge >= 0.3 is 5.69 Å². The number of hydrogen-bond acceptors (Lipinski definition) is 7. The van der Waals surface area contributed by atoms with Crippen LogP contribution in [0.15, 0.2) is 34.9 Å². The molecule has 9 nitrogen and oxygen atoms in total. The van der Waals surface area contributed by atoms with E-state index in [0.717, 1.165) is 37.7 Å². The number of allylic oxidation sites excluding steroid dienone is 2. The quantitative estimate of drug-likeness (QED) is 0.0973. The van der Waals surface area contributed by atoms with Crippen LogP contribution in [0.4, 0.5) is 17.1 Å². The molecule has 5 rings (SSSR count). The van der Waals surface area contributed by atoms with Gasteiger partial charge in [0.2, 0.25) is 0 Å². The smallest absolute Gasteiger partial charge is 0.301 e. The number of aliphatic hydroxyl groups is 1. The van der Waals surface area contributed by atoms with Gasteiger partial charge in [0.25, 0.3) is 5.69 Å². The zero-order chi connectivity index (χ0) is 29.5. The van der Waals surface area contributed by atoms with E-state index in [1.807, 2.05) is 6.21 Å². The van der Waals surface area contributed by atoms with E-state index in [1.165, 1.54) is 50.7 Å². The Morgan fingerprint density at radius 2 is 1.88 bits per heavy atom. The summed E-state index contributed by atoms with van der Waals surface area (Å²) in [5.74, 6) is 2.74. The van der Waals surface area contributed by atoms with Crippen LogP contribution in [0.2, 0.25) is 0 Å². The molecule has 224 valence electrons. The lowest BCUT2D eigenvalue weighted by molar-refractivity contribution is -0.393. The summed E-state index contributed by atoms with van der Waals surface area (Å²) in [6, 6.07) is 3.58. The van der Waals surface area contributed by atoms with Crippen molar-refractivity contribution in [3.05, 3.63) is 50.1 Å². The van der Waals surface area contributed by atoms with Gasteiger partial charge in [-0.2, -0.15) is 5.10 Å². The highest BCUT2D eigenvalue weighted by molar-refractivity contribution is 5.69. The molecule has 1 aromatic carbocycles. The summed E-state index contributed by atoms with van der Waals surface area (Å²) in [7, 11) is 0. The molecular weight excluding hydrogens is 520 g/mol. The topological polar surface area (TPSA) is 131 Å². The van der Waals surface area contributed by atoms with E-state index in [9.17, 15) is 25.3 Å². The molecule has 5 unspecified atom stereocenters. The van der Waals surface area contributed by atoms with Crippen molar-refractivity contribution in [1.82, 2.24) is 0 Å². The van der Waals surface area contributed by atoms with E-state index in [1.54, 1.807) is 5.57 Å². The predicted molar refractivity (Wildman–Crippen MR) is 161 cm³/mol. The Bertz CT molecular complexity index is 1230. The molecule has 0 aliphatic heterocycles. The Morgan fingerprint density at radius 3 is 2.59 bits per heavy atom. The van der Waals surface area contributed by atoms with Crippen molar-refractivity contribution in [2.45, 2.75) is 98.0 Å². The van der Waals surface area contributed by atoms with E-state index in [-0.39, 0.29) is 39.9 Å². The molecule has 8 atom stereocenters. The molecule has 9 heteroatoms. The van der Waals surface area contributed by atoms with Crippen molar-refractivity contribution in [3.63, 3.8) is 0 Å². The molecule has 0 aromatic heterocycles. The fourth-order valence-electron chi connectivity index (χ4n) is 9.36. The zero-order valence-corrected chi connectivity index (χ0v) is 24.9. The molecule has 3 saturated carbocycles. The molecule has 0 amide bonds. The molecule has 4 aliphatic carbocycles. The van der Waals surface area contributed by atoms with E-state index in [2.05, 4.69) is 44.3 Å². The van der Waals surface area contributed by atoms with Crippen LogP contribution in [0.3, 0.4) is 0 Å².